The third kappa shape index (κ3) is 5.22. The van der Waals surface area contributed by atoms with Crippen LogP contribution < -0.4 is 5.32 Å². The van der Waals surface area contributed by atoms with Crippen LogP contribution >= 0.6 is 34.5 Å². The topological polar surface area (TPSA) is 121 Å². The number of carbonyl (C=O) groups is 4. The third-order valence-electron chi connectivity index (χ3n) is 3.50. The van der Waals surface area contributed by atoms with Crippen LogP contribution in [0.15, 0.2) is 12.1 Å². The Hall–Kier alpha value is -2.69. The zero-order valence-electron chi connectivity index (χ0n) is 15.3. The average molecular weight is 461 g/mol. The molecule has 0 unspecified atom stereocenters. The van der Waals surface area contributed by atoms with Crippen LogP contribution in [0.1, 0.15) is 36.1 Å². The van der Waals surface area contributed by atoms with E-state index >= 15 is 0 Å². The van der Waals surface area contributed by atoms with Crippen LogP contribution in [0.2, 0.25) is 10.2 Å². The maximum absolute atomic E-state index is 12.2. The van der Waals surface area contributed by atoms with E-state index in [4.69, 9.17) is 27.9 Å². The Morgan fingerprint density at radius 3 is 2.34 bits per heavy atom. The molecule has 0 aliphatic carbocycles. The lowest BCUT2D eigenvalue weighted by atomic mass is 10.1. The summed E-state index contributed by atoms with van der Waals surface area (Å²) < 4.78 is 14.2. The van der Waals surface area contributed by atoms with Gasteiger partial charge in [-0.05, 0) is 24.6 Å². The Kier molecular flexibility index (Phi) is 7.54. The van der Waals surface area contributed by atoms with E-state index in [0.29, 0.717) is 0 Å². The lowest BCUT2D eigenvalue weighted by molar-refractivity contribution is -0.119. The molecular formula is C17H14Cl2N2O7S. The number of rotatable bonds is 6. The predicted octanol–water partition coefficient (Wildman–Crippen LogP) is 3.13. The second kappa shape index (κ2) is 9.68. The molecule has 0 aliphatic heterocycles. The lowest BCUT2D eigenvalue weighted by Gasteiger charge is -2.07. The van der Waals surface area contributed by atoms with Crippen LogP contribution in [0, 0.1) is 6.92 Å². The van der Waals surface area contributed by atoms with Crippen LogP contribution in [0.25, 0.3) is 0 Å². The van der Waals surface area contributed by atoms with Gasteiger partial charge in [-0.1, -0.05) is 23.2 Å². The molecule has 0 saturated carbocycles. The maximum atomic E-state index is 12.2. The van der Waals surface area contributed by atoms with Gasteiger partial charge >= 0.3 is 17.9 Å². The van der Waals surface area contributed by atoms with E-state index in [1.165, 1.54) is 26.2 Å². The van der Waals surface area contributed by atoms with E-state index < -0.39 is 30.4 Å². The first-order valence-corrected chi connectivity index (χ1v) is 9.35. The van der Waals surface area contributed by atoms with Crippen LogP contribution in [0.3, 0.4) is 0 Å². The number of pyridine rings is 1. The van der Waals surface area contributed by atoms with Crippen LogP contribution in [0.5, 0.6) is 0 Å². The van der Waals surface area contributed by atoms with Crippen molar-refractivity contribution >= 4 is 63.4 Å². The van der Waals surface area contributed by atoms with Crippen molar-refractivity contribution < 1.29 is 33.4 Å². The Morgan fingerprint density at radius 1 is 1.07 bits per heavy atom. The minimum atomic E-state index is -0.960. The van der Waals surface area contributed by atoms with Gasteiger partial charge in [0.15, 0.2) is 12.3 Å². The maximum Gasteiger partial charge on any atom is 0.359 e. The van der Waals surface area contributed by atoms with Crippen molar-refractivity contribution in [3.8, 4) is 0 Å². The van der Waals surface area contributed by atoms with Crippen molar-refractivity contribution in [3.63, 3.8) is 0 Å². The molecule has 2 aromatic rings. The fraction of sp³-hybridized carbons (Fsp3) is 0.235. The molecule has 0 spiro atoms. The summed E-state index contributed by atoms with van der Waals surface area (Å²) >= 11 is 12.4. The van der Waals surface area contributed by atoms with E-state index in [-0.39, 0.29) is 36.9 Å². The highest BCUT2D eigenvalue weighted by molar-refractivity contribution is 7.18. The summed E-state index contributed by atoms with van der Waals surface area (Å²) in [6, 6.07) is 2.75. The molecule has 1 N–H and O–H groups in total. The van der Waals surface area contributed by atoms with Crippen LogP contribution in [-0.4, -0.2) is 49.6 Å². The zero-order chi connectivity index (χ0) is 21.7. The number of carbonyl (C=O) groups excluding carboxylic acids is 4. The fourth-order valence-electron chi connectivity index (χ4n) is 2.16. The highest BCUT2D eigenvalue weighted by atomic mass is 35.5. The van der Waals surface area contributed by atoms with Crippen molar-refractivity contribution in [2.45, 2.75) is 6.92 Å². The van der Waals surface area contributed by atoms with Crippen molar-refractivity contribution in [2.75, 3.05) is 26.1 Å². The number of thiophene rings is 1. The highest BCUT2D eigenvalue weighted by Gasteiger charge is 2.27. The second-order valence-corrected chi connectivity index (χ2v) is 7.15. The molecule has 0 aromatic carbocycles. The highest BCUT2D eigenvalue weighted by Crippen LogP contribution is 2.34. The number of amides is 1. The van der Waals surface area contributed by atoms with Gasteiger partial charge in [-0.15, -0.1) is 11.3 Å². The molecule has 29 heavy (non-hydrogen) atoms. The summed E-state index contributed by atoms with van der Waals surface area (Å²) in [7, 11) is 2.35. The van der Waals surface area contributed by atoms with Gasteiger partial charge in [0.05, 0.1) is 24.8 Å². The molecule has 154 valence electrons. The van der Waals surface area contributed by atoms with Crippen molar-refractivity contribution in [2.24, 2.45) is 0 Å². The Balaban J connectivity index is 2.16. The van der Waals surface area contributed by atoms with Gasteiger partial charge in [-0.3, -0.25) is 4.79 Å². The number of nitrogens with zero attached hydrogens (tertiary/aromatic N) is 1. The molecule has 0 atom stereocenters. The van der Waals surface area contributed by atoms with Gasteiger partial charge in [0.1, 0.15) is 15.0 Å². The normalized spacial score (nSPS) is 10.2. The first-order valence-electron chi connectivity index (χ1n) is 7.78. The SMILES string of the molecule is COC(=O)c1sc(NC(=O)COC(=O)c2nc(Cl)ccc2Cl)c(C(=O)OC)c1C. The van der Waals surface area contributed by atoms with Gasteiger partial charge in [0.25, 0.3) is 5.91 Å². The monoisotopic (exact) mass is 460 g/mol. The number of halogens is 2. The molecule has 0 bridgehead atoms. The van der Waals surface area contributed by atoms with Gasteiger partial charge in [-0.25, -0.2) is 19.4 Å². The number of anilines is 1. The summed E-state index contributed by atoms with van der Waals surface area (Å²) in [4.78, 5) is 52.0. The molecule has 0 fully saturated rings. The van der Waals surface area contributed by atoms with E-state index in [9.17, 15) is 19.2 Å². The minimum Gasteiger partial charge on any atom is -0.465 e. The largest absolute Gasteiger partial charge is 0.465 e. The van der Waals surface area contributed by atoms with Crippen LogP contribution in [0.4, 0.5) is 5.00 Å². The summed E-state index contributed by atoms with van der Waals surface area (Å²) in [5.74, 6) is -3.15. The Morgan fingerprint density at radius 2 is 1.72 bits per heavy atom. The molecule has 0 radical (unpaired) electrons. The average Bonchev–Trinajstić information content (AvgIpc) is 3.02. The minimum absolute atomic E-state index is 0.00266. The van der Waals surface area contributed by atoms with Gasteiger partial charge in [0, 0.05) is 0 Å². The smallest absolute Gasteiger partial charge is 0.359 e. The number of ether oxygens (including phenoxy) is 3. The number of aromatic nitrogens is 1. The summed E-state index contributed by atoms with van der Waals surface area (Å²) in [6.45, 7) is 0.811. The number of esters is 3. The van der Waals surface area contributed by atoms with E-state index in [0.717, 1.165) is 18.4 Å². The number of hydrogen-bond acceptors (Lipinski definition) is 9. The van der Waals surface area contributed by atoms with E-state index in [1.54, 1.807) is 0 Å². The Labute approximate surface area is 178 Å². The van der Waals surface area contributed by atoms with Crippen molar-refractivity contribution in [1.82, 2.24) is 4.98 Å². The number of methoxy groups -OCH3 is 2. The summed E-state index contributed by atoms with van der Waals surface area (Å²) in [5.41, 5.74) is 0.0372. The van der Waals surface area contributed by atoms with Crippen LogP contribution in [-0.2, 0) is 19.0 Å². The summed E-state index contributed by atoms with van der Waals surface area (Å²) in [5, 5.41) is 2.49. The molecule has 2 aromatic heterocycles. The second-order valence-electron chi connectivity index (χ2n) is 5.33. The standard InChI is InChI=1S/C17H14Cl2N2O7S/c1-7-11(15(23)26-2)14(29-13(7)17(25)27-3)21-10(22)6-28-16(24)12-8(18)4-5-9(19)20-12/h4-5H,6H2,1-3H3,(H,21,22). The molecule has 0 aliphatic rings. The number of nitrogens with one attached hydrogen (secondary N) is 1. The molecule has 1 amide bonds. The molecule has 9 nitrogen and oxygen atoms in total. The van der Waals surface area contributed by atoms with Gasteiger partial charge in [-0.2, -0.15) is 0 Å². The molecular weight excluding hydrogens is 447 g/mol. The van der Waals surface area contributed by atoms with Crippen molar-refractivity contribution in [1.29, 1.82) is 0 Å². The first-order chi connectivity index (χ1) is 13.7. The predicted molar refractivity (Wildman–Crippen MR) is 105 cm³/mol. The fourth-order valence-corrected chi connectivity index (χ4v) is 3.62. The third-order valence-corrected chi connectivity index (χ3v) is 5.20. The number of hydrogen-bond donors (Lipinski definition) is 1. The quantitative estimate of drug-likeness (QED) is 0.396. The molecule has 0 saturated heterocycles. The molecule has 2 rings (SSSR count). The van der Waals surface area contributed by atoms with E-state index in [2.05, 4.69) is 19.8 Å². The van der Waals surface area contributed by atoms with Gasteiger partial charge in [0.2, 0.25) is 0 Å². The summed E-state index contributed by atoms with van der Waals surface area (Å²) in [6.07, 6.45) is 0. The Bertz CT molecular complexity index is 990. The first kappa shape index (κ1) is 22.6. The molecule has 2 heterocycles. The van der Waals surface area contributed by atoms with Crippen molar-refractivity contribution in [3.05, 3.63) is 44.0 Å². The van der Waals surface area contributed by atoms with Gasteiger partial charge < -0.3 is 19.5 Å². The van der Waals surface area contributed by atoms with E-state index in [1.807, 2.05) is 0 Å². The zero-order valence-corrected chi connectivity index (χ0v) is 17.7. The molecule has 12 heteroatoms. The lowest BCUT2D eigenvalue weighted by Crippen LogP contribution is -2.22.